The Morgan fingerprint density at radius 2 is 2.00 bits per heavy atom. The lowest BCUT2D eigenvalue weighted by Crippen LogP contribution is -2.20. The molecule has 2 nitrogen and oxygen atoms in total. The van der Waals surface area contributed by atoms with Gasteiger partial charge in [-0.15, -0.1) is 0 Å². The molecule has 1 unspecified atom stereocenters. The van der Waals surface area contributed by atoms with Crippen LogP contribution in [-0.4, -0.2) is 13.2 Å². The summed E-state index contributed by atoms with van der Waals surface area (Å²) in [5, 5.41) is 3.33. The van der Waals surface area contributed by atoms with Gasteiger partial charge in [0.25, 0.3) is 0 Å². The molecule has 1 N–H and O–H groups in total. The smallest absolute Gasteiger partial charge is 0.165 e. The molecule has 0 bridgehead atoms. The molecule has 20 heavy (non-hydrogen) atoms. The number of rotatable bonds is 9. The lowest BCUT2D eigenvalue weighted by molar-refractivity contribution is 0.239. The van der Waals surface area contributed by atoms with Gasteiger partial charge in [0.15, 0.2) is 11.6 Å². The summed E-state index contributed by atoms with van der Waals surface area (Å²) >= 11 is 0. The second-order valence-corrected chi connectivity index (χ2v) is 5.96. The minimum Gasteiger partial charge on any atom is -0.490 e. The Balaban J connectivity index is 2.63. The van der Waals surface area contributed by atoms with E-state index in [2.05, 4.69) is 33.0 Å². The SMILES string of the molecule is CCCC(C)COc1c(F)cccc1CNCC(C)C. The van der Waals surface area contributed by atoms with Crippen LogP contribution in [0.25, 0.3) is 0 Å². The molecule has 0 aliphatic heterocycles. The second-order valence-electron chi connectivity index (χ2n) is 5.96. The van der Waals surface area contributed by atoms with Crippen molar-refractivity contribution in [1.82, 2.24) is 5.32 Å². The Morgan fingerprint density at radius 3 is 2.65 bits per heavy atom. The van der Waals surface area contributed by atoms with E-state index in [1.807, 2.05) is 6.07 Å². The summed E-state index contributed by atoms with van der Waals surface area (Å²) in [6, 6.07) is 5.13. The maximum atomic E-state index is 13.9. The summed E-state index contributed by atoms with van der Waals surface area (Å²) < 4.78 is 19.6. The van der Waals surface area contributed by atoms with Crippen LogP contribution in [-0.2, 0) is 6.54 Å². The Morgan fingerprint density at radius 1 is 1.25 bits per heavy atom. The van der Waals surface area contributed by atoms with Gasteiger partial charge in [-0.3, -0.25) is 0 Å². The van der Waals surface area contributed by atoms with Gasteiger partial charge in [0.2, 0.25) is 0 Å². The highest BCUT2D eigenvalue weighted by molar-refractivity contribution is 5.34. The van der Waals surface area contributed by atoms with E-state index in [0.29, 0.717) is 30.7 Å². The minimum atomic E-state index is -0.266. The summed E-state index contributed by atoms with van der Waals surface area (Å²) in [6.45, 7) is 10.7. The molecule has 0 saturated heterocycles. The van der Waals surface area contributed by atoms with E-state index in [-0.39, 0.29) is 5.82 Å². The molecule has 0 spiro atoms. The van der Waals surface area contributed by atoms with E-state index in [1.54, 1.807) is 6.07 Å². The van der Waals surface area contributed by atoms with Crippen molar-refractivity contribution in [3.05, 3.63) is 29.6 Å². The van der Waals surface area contributed by atoms with Crippen molar-refractivity contribution >= 4 is 0 Å². The molecule has 1 rings (SSSR count). The molecular weight excluding hydrogens is 253 g/mol. The van der Waals surface area contributed by atoms with Crippen molar-refractivity contribution in [2.24, 2.45) is 11.8 Å². The fourth-order valence-corrected chi connectivity index (χ4v) is 2.15. The third-order valence-corrected chi connectivity index (χ3v) is 3.21. The Labute approximate surface area is 122 Å². The molecule has 0 amide bonds. The summed E-state index contributed by atoms with van der Waals surface area (Å²) in [6.07, 6.45) is 2.24. The normalized spacial score (nSPS) is 12.7. The third kappa shape index (κ3) is 5.91. The topological polar surface area (TPSA) is 21.3 Å². The highest BCUT2D eigenvalue weighted by Crippen LogP contribution is 2.23. The van der Waals surface area contributed by atoms with Crippen LogP contribution in [0.1, 0.15) is 46.1 Å². The van der Waals surface area contributed by atoms with Gasteiger partial charge in [-0.2, -0.15) is 0 Å². The second kappa shape index (κ2) is 8.96. The maximum Gasteiger partial charge on any atom is 0.165 e. The third-order valence-electron chi connectivity index (χ3n) is 3.21. The Bertz CT molecular complexity index is 393. The number of nitrogens with one attached hydrogen (secondary N) is 1. The summed E-state index contributed by atoms with van der Waals surface area (Å²) in [7, 11) is 0. The number of para-hydroxylation sites is 1. The minimum absolute atomic E-state index is 0.266. The van der Waals surface area contributed by atoms with E-state index in [1.165, 1.54) is 6.07 Å². The maximum absolute atomic E-state index is 13.9. The molecule has 1 atom stereocenters. The first-order chi connectivity index (χ1) is 9.54. The molecule has 0 aliphatic rings. The largest absolute Gasteiger partial charge is 0.490 e. The van der Waals surface area contributed by atoms with E-state index in [0.717, 1.165) is 24.9 Å². The quantitative estimate of drug-likeness (QED) is 0.725. The summed E-state index contributed by atoms with van der Waals surface area (Å²) in [4.78, 5) is 0. The molecule has 0 fully saturated rings. The van der Waals surface area contributed by atoms with Crippen LogP contribution in [0.4, 0.5) is 4.39 Å². The van der Waals surface area contributed by atoms with E-state index in [9.17, 15) is 4.39 Å². The van der Waals surface area contributed by atoms with Gasteiger partial charge >= 0.3 is 0 Å². The van der Waals surface area contributed by atoms with Crippen molar-refractivity contribution in [2.45, 2.75) is 47.1 Å². The molecule has 1 aromatic rings. The zero-order valence-corrected chi connectivity index (χ0v) is 13.2. The average molecular weight is 281 g/mol. The van der Waals surface area contributed by atoms with Crippen LogP contribution in [0.5, 0.6) is 5.75 Å². The van der Waals surface area contributed by atoms with Gasteiger partial charge in [0.1, 0.15) is 0 Å². The zero-order valence-electron chi connectivity index (χ0n) is 13.2. The van der Waals surface area contributed by atoms with Gasteiger partial charge in [-0.1, -0.05) is 46.2 Å². The number of hydrogen-bond acceptors (Lipinski definition) is 2. The first-order valence-corrected chi connectivity index (χ1v) is 7.65. The van der Waals surface area contributed by atoms with Crippen LogP contribution >= 0.6 is 0 Å². The molecule has 0 aliphatic carbocycles. The van der Waals surface area contributed by atoms with E-state index >= 15 is 0 Å². The first kappa shape index (κ1) is 17.0. The molecule has 3 heteroatoms. The van der Waals surface area contributed by atoms with Crippen molar-refractivity contribution in [1.29, 1.82) is 0 Å². The Hall–Kier alpha value is -1.09. The summed E-state index contributed by atoms with van der Waals surface area (Å²) in [5.41, 5.74) is 0.898. The van der Waals surface area contributed by atoms with Gasteiger partial charge in [-0.05, 0) is 30.9 Å². The van der Waals surface area contributed by atoms with Crippen molar-refractivity contribution in [2.75, 3.05) is 13.2 Å². The lowest BCUT2D eigenvalue weighted by Gasteiger charge is -2.16. The Kier molecular flexibility index (Phi) is 7.60. The number of hydrogen-bond donors (Lipinski definition) is 1. The van der Waals surface area contributed by atoms with Crippen LogP contribution in [0.15, 0.2) is 18.2 Å². The molecule has 0 saturated carbocycles. The van der Waals surface area contributed by atoms with E-state index in [4.69, 9.17) is 4.74 Å². The number of benzene rings is 1. The van der Waals surface area contributed by atoms with Crippen molar-refractivity contribution in [3.63, 3.8) is 0 Å². The lowest BCUT2D eigenvalue weighted by atomic mass is 10.1. The highest BCUT2D eigenvalue weighted by atomic mass is 19.1. The molecule has 0 radical (unpaired) electrons. The van der Waals surface area contributed by atoms with E-state index < -0.39 is 0 Å². The van der Waals surface area contributed by atoms with Gasteiger partial charge in [0, 0.05) is 12.1 Å². The molecular formula is C17H28FNO. The van der Waals surface area contributed by atoms with Gasteiger partial charge < -0.3 is 10.1 Å². The van der Waals surface area contributed by atoms with Crippen LogP contribution < -0.4 is 10.1 Å². The highest BCUT2D eigenvalue weighted by Gasteiger charge is 2.11. The monoisotopic (exact) mass is 281 g/mol. The van der Waals surface area contributed by atoms with Gasteiger partial charge in [0.05, 0.1) is 6.61 Å². The van der Waals surface area contributed by atoms with Crippen molar-refractivity contribution < 1.29 is 9.13 Å². The standard InChI is InChI=1S/C17H28FNO/c1-5-7-14(4)12-20-17-15(8-6-9-16(17)18)11-19-10-13(2)3/h6,8-9,13-14,19H,5,7,10-12H2,1-4H3. The molecule has 114 valence electrons. The van der Waals surface area contributed by atoms with Crippen LogP contribution in [0, 0.1) is 17.7 Å². The molecule has 1 aromatic carbocycles. The zero-order chi connectivity index (χ0) is 15.0. The predicted octanol–water partition coefficient (Wildman–Crippen LogP) is 4.39. The summed E-state index contributed by atoms with van der Waals surface area (Å²) in [5.74, 6) is 1.18. The fourth-order valence-electron chi connectivity index (χ4n) is 2.15. The number of ether oxygens (including phenoxy) is 1. The first-order valence-electron chi connectivity index (χ1n) is 7.65. The molecule has 0 aromatic heterocycles. The molecule has 0 heterocycles. The predicted molar refractivity (Wildman–Crippen MR) is 82.5 cm³/mol. The van der Waals surface area contributed by atoms with Crippen molar-refractivity contribution in [3.8, 4) is 5.75 Å². The fraction of sp³-hybridized carbons (Fsp3) is 0.647. The van der Waals surface area contributed by atoms with Gasteiger partial charge in [-0.25, -0.2) is 4.39 Å². The van der Waals surface area contributed by atoms with Crippen LogP contribution in [0.2, 0.25) is 0 Å². The number of halogens is 1. The average Bonchev–Trinajstić information content (AvgIpc) is 2.38. The van der Waals surface area contributed by atoms with Crippen LogP contribution in [0.3, 0.4) is 0 Å².